The van der Waals surface area contributed by atoms with Crippen LogP contribution in [0.25, 0.3) is 5.69 Å². The van der Waals surface area contributed by atoms with Crippen molar-refractivity contribution >= 4 is 21.4 Å². The Bertz CT molecular complexity index is 1480. The van der Waals surface area contributed by atoms with Crippen LogP contribution in [0.15, 0.2) is 74.5 Å². The van der Waals surface area contributed by atoms with Gasteiger partial charge in [-0.15, -0.1) is 5.11 Å². The van der Waals surface area contributed by atoms with Crippen molar-refractivity contribution in [3.8, 4) is 17.6 Å². The molecule has 0 fully saturated rings. The Balaban J connectivity index is 1.94. The topological polar surface area (TPSA) is 137 Å². The maximum Gasteiger partial charge on any atom is 0.286 e. The number of nitriles is 1. The van der Waals surface area contributed by atoms with E-state index < -0.39 is 21.5 Å². The van der Waals surface area contributed by atoms with Crippen LogP contribution >= 0.6 is 0 Å². The molecule has 0 aliphatic rings. The molecule has 0 bridgehead atoms. The molecule has 0 saturated carbocycles. The standard InChI is InChI=1S/C27H31N5O4S/c1-4-6-11-20(5-2)18-29-37(35,36)23-15-10-12-21(16-23)30-31-25-19(3)24(17-28)26(33)32(27(25)34)22-13-8-7-9-14-22/h7-10,12-16,20,29,33H,4-6,11,18H2,1-3H3. The lowest BCUT2D eigenvalue weighted by Gasteiger charge is -2.15. The summed E-state index contributed by atoms with van der Waals surface area (Å²) in [7, 11) is -3.76. The molecule has 0 aliphatic carbocycles. The van der Waals surface area contributed by atoms with Gasteiger partial charge in [0.15, 0.2) is 5.69 Å². The molecular weight excluding hydrogens is 490 g/mol. The number of aromatic nitrogens is 1. The molecule has 0 radical (unpaired) electrons. The number of hydrogen-bond donors (Lipinski definition) is 2. The molecule has 2 N–H and O–H groups in total. The predicted molar refractivity (Wildman–Crippen MR) is 142 cm³/mol. The van der Waals surface area contributed by atoms with E-state index in [2.05, 4.69) is 21.9 Å². The summed E-state index contributed by atoms with van der Waals surface area (Å²) in [5.41, 5.74) is -0.145. The second kappa shape index (κ2) is 12.4. The monoisotopic (exact) mass is 521 g/mol. The number of rotatable bonds is 11. The minimum atomic E-state index is -3.76. The molecule has 194 valence electrons. The highest BCUT2D eigenvalue weighted by Crippen LogP contribution is 2.29. The molecule has 0 spiro atoms. The number of unbranched alkanes of at least 4 members (excludes halogenated alkanes) is 1. The second-order valence-electron chi connectivity index (χ2n) is 8.73. The maximum atomic E-state index is 13.2. The Kier molecular flexibility index (Phi) is 9.33. The van der Waals surface area contributed by atoms with Crippen molar-refractivity contribution in [3.05, 3.63) is 76.1 Å². The summed E-state index contributed by atoms with van der Waals surface area (Å²) in [6.45, 7) is 6.00. The molecule has 1 heterocycles. The van der Waals surface area contributed by atoms with Crippen molar-refractivity contribution in [2.75, 3.05) is 6.54 Å². The van der Waals surface area contributed by atoms with Crippen LogP contribution in [-0.2, 0) is 10.0 Å². The highest BCUT2D eigenvalue weighted by Gasteiger charge is 2.21. The highest BCUT2D eigenvalue weighted by atomic mass is 32.2. The third-order valence-corrected chi connectivity index (χ3v) is 7.62. The van der Waals surface area contributed by atoms with E-state index in [9.17, 15) is 23.6 Å². The number of benzene rings is 2. The van der Waals surface area contributed by atoms with Crippen molar-refractivity contribution in [2.24, 2.45) is 16.1 Å². The van der Waals surface area contributed by atoms with Crippen molar-refractivity contribution in [1.29, 1.82) is 5.26 Å². The van der Waals surface area contributed by atoms with Crippen LogP contribution in [-0.4, -0.2) is 24.6 Å². The summed E-state index contributed by atoms with van der Waals surface area (Å²) in [6, 6.07) is 16.2. The number of hydrogen-bond acceptors (Lipinski definition) is 7. The smallest absolute Gasteiger partial charge is 0.286 e. The zero-order valence-corrected chi connectivity index (χ0v) is 22.0. The molecule has 9 nitrogen and oxygen atoms in total. The first-order valence-electron chi connectivity index (χ1n) is 12.2. The van der Waals surface area contributed by atoms with Gasteiger partial charge >= 0.3 is 0 Å². The normalized spacial score (nSPS) is 12.5. The first-order valence-corrected chi connectivity index (χ1v) is 13.7. The molecular formula is C27H31N5O4S. The molecule has 2 aromatic carbocycles. The lowest BCUT2D eigenvalue weighted by Crippen LogP contribution is -2.29. The summed E-state index contributed by atoms with van der Waals surface area (Å²) in [6.07, 6.45) is 3.95. The van der Waals surface area contributed by atoms with Gasteiger partial charge in [-0.3, -0.25) is 4.79 Å². The molecule has 10 heteroatoms. The Labute approximate surface area is 217 Å². The SMILES string of the molecule is CCCCC(CC)CNS(=O)(=O)c1cccc(N=Nc2c(C)c(C#N)c(O)n(-c3ccccc3)c2=O)c1. The van der Waals surface area contributed by atoms with Crippen LogP contribution < -0.4 is 10.3 Å². The quantitative estimate of drug-likeness (QED) is 0.315. The fourth-order valence-electron chi connectivity index (χ4n) is 3.90. The summed E-state index contributed by atoms with van der Waals surface area (Å²) < 4.78 is 29.4. The Morgan fingerprint density at radius 1 is 1.11 bits per heavy atom. The number of nitrogens with zero attached hydrogens (tertiary/aromatic N) is 4. The van der Waals surface area contributed by atoms with Crippen LogP contribution in [0.3, 0.4) is 0 Å². The molecule has 37 heavy (non-hydrogen) atoms. The Hall–Kier alpha value is -3.81. The van der Waals surface area contributed by atoms with Gasteiger partial charge in [-0.1, -0.05) is 57.4 Å². The van der Waals surface area contributed by atoms with Crippen molar-refractivity contribution in [1.82, 2.24) is 9.29 Å². The van der Waals surface area contributed by atoms with Gasteiger partial charge in [0, 0.05) is 12.1 Å². The van der Waals surface area contributed by atoms with Gasteiger partial charge in [0.2, 0.25) is 15.9 Å². The summed E-state index contributed by atoms with van der Waals surface area (Å²) in [5.74, 6) is -0.227. The van der Waals surface area contributed by atoms with Gasteiger partial charge in [0.25, 0.3) is 5.56 Å². The van der Waals surface area contributed by atoms with Gasteiger partial charge in [-0.05, 0) is 49.6 Å². The van der Waals surface area contributed by atoms with E-state index in [-0.39, 0.29) is 33.3 Å². The van der Waals surface area contributed by atoms with E-state index in [1.807, 2.05) is 13.0 Å². The molecule has 0 saturated heterocycles. The van der Waals surface area contributed by atoms with Gasteiger partial charge in [-0.25, -0.2) is 17.7 Å². The lowest BCUT2D eigenvalue weighted by molar-refractivity contribution is 0.433. The van der Waals surface area contributed by atoms with Crippen molar-refractivity contribution < 1.29 is 13.5 Å². The zero-order valence-electron chi connectivity index (χ0n) is 21.2. The second-order valence-corrected chi connectivity index (χ2v) is 10.5. The number of pyridine rings is 1. The van der Waals surface area contributed by atoms with Gasteiger partial charge < -0.3 is 5.11 Å². The average molecular weight is 522 g/mol. The molecule has 1 aromatic heterocycles. The minimum Gasteiger partial charge on any atom is -0.493 e. The zero-order chi connectivity index (χ0) is 27.0. The van der Waals surface area contributed by atoms with Crippen LogP contribution in [0.1, 0.15) is 50.7 Å². The van der Waals surface area contributed by atoms with E-state index in [4.69, 9.17) is 0 Å². The van der Waals surface area contributed by atoms with E-state index in [1.165, 1.54) is 19.1 Å². The largest absolute Gasteiger partial charge is 0.493 e. The van der Waals surface area contributed by atoms with E-state index in [0.29, 0.717) is 12.2 Å². The van der Waals surface area contributed by atoms with Crippen LogP contribution in [0.4, 0.5) is 11.4 Å². The van der Waals surface area contributed by atoms with Gasteiger partial charge in [-0.2, -0.15) is 10.4 Å². The predicted octanol–water partition coefficient (Wildman–Crippen LogP) is 5.63. The average Bonchev–Trinajstić information content (AvgIpc) is 2.90. The minimum absolute atomic E-state index is 0.0381. The number of sulfonamides is 1. The molecule has 3 aromatic rings. The third-order valence-electron chi connectivity index (χ3n) is 6.20. The van der Waals surface area contributed by atoms with E-state index in [0.717, 1.165) is 30.3 Å². The van der Waals surface area contributed by atoms with Gasteiger partial charge in [0.05, 0.1) is 16.3 Å². The van der Waals surface area contributed by atoms with E-state index in [1.54, 1.807) is 42.5 Å². The lowest BCUT2D eigenvalue weighted by atomic mass is 10.00. The molecule has 1 atom stereocenters. The molecule has 1 unspecified atom stereocenters. The fraction of sp³-hybridized carbons (Fsp3) is 0.333. The number of aromatic hydroxyl groups is 1. The maximum absolute atomic E-state index is 13.2. The number of azo groups is 1. The first-order chi connectivity index (χ1) is 17.7. The summed E-state index contributed by atoms with van der Waals surface area (Å²) >= 11 is 0. The number of nitrogens with one attached hydrogen (secondary N) is 1. The highest BCUT2D eigenvalue weighted by molar-refractivity contribution is 7.89. The Morgan fingerprint density at radius 3 is 2.49 bits per heavy atom. The van der Waals surface area contributed by atoms with Crippen molar-refractivity contribution in [2.45, 2.75) is 51.3 Å². The third kappa shape index (κ3) is 6.50. The van der Waals surface area contributed by atoms with Crippen molar-refractivity contribution in [3.63, 3.8) is 0 Å². The van der Waals surface area contributed by atoms with Gasteiger partial charge in [0.1, 0.15) is 11.6 Å². The Morgan fingerprint density at radius 2 is 1.84 bits per heavy atom. The van der Waals surface area contributed by atoms with Crippen LogP contribution in [0.2, 0.25) is 0 Å². The van der Waals surface area contributed by atoms with Crippen LogP contribution in [0, 0.1) is 24.2 Å². The molecule has 0 aliphatic heterocycles. The summed E-state index contributed by atoms with van der Waals surface area (Å²) in [4.78, 5) is 13.3. The van der Waals surface area contributed by atoms with Crippen LogP contribution in [0.5, 0.6) is 5.88 Å². The molecule has 3 rings (SSSR count). The summed E-state index contributed by atoms with van der Waals surface area (Å²) in [5, 5.41) is 28.3. The number of para-hydroxylation sites is 1. The molecule has 0 amide bonds. The fourth-order valence-corrected chi connectivity index (χ4v) is 5.06. The first kappa shape index (κ1) is 27.8. The van der Waals surface area contributed by atoms with E-state index >= 15 is 0 Å².